The number of nitrogens with zero attached hydrogens (tertiary/aromatic N) is 4. The van der Waals surface area contributed by atoms with Crippen molar-refractivity contribution >= 4 is 27.7 Å². The fourth-order valence-corrected chi connectivity index (χ4v) is 3.38. The van der Waals surface area contributed by atoms with E-state index in [1.807, 2.05) is 0 Å². The Labute approximate surface area is 138 Å². The summed E-state index contributed by atoms with van der Waals surface area (Å²) in [6.07, 6.45) is 0. The Bertz CT molecular complexity index is 794. The van der Waals surface area contributed by atoms with Crippen LogP contribution in [0.2, 0.25) is 0 Å². The fourth-order valence-electron chi connectivity index (χ4n) is 1.81. The first kappa shape index (κ1) is 15.0. The molecule has 1 aromatic heterocycles. The molecule has 0 aliphatic heterocycles. The van der Waals surface area contributed by atoms with Gasteiger partial charge in [-0.15, -0.1) is 5.10 Å². The van der Waals surface area contributed by atoms with Gasteiger partial charge in [-0.1, -0.05) is 33.8 Å². The van der Waals surface area contributed by atoms with Crippen LogP contribution in [0, 0.1) is 5.82 Å². The topological polar surface area (TPSA) is 63.8 Å². The van der Waals surface area contributed by atoms with Gasteiger partial charge in [0.2, 0.25) is 5.16 Å². The van der Waals surface area contributed by atoms with Gasteiger partial charge in [0.15, 0.2) is 0 Å². The number of hydrogen-bond acceptors (Lipinski definition) is 5. The van der Waals surface area contributed by atoms with Gasteiger partial charge in [0.1, 0.15) is 11.6 Å². The molecule has 5 nitrogen and oxygen atoms in total. The SMILES string of the molecule is Oc1ccc(-n2nnnc2SCc2ccc(F)cc2Br)cc1. The van der Waals surface area contributed by atoms with Crippen molar-refractivity contribution < 1.29 is 9.50 Å². The van der Waals surface area contributed by atoms with Crippen LogP contribution in [0.1, 0.15) is 5.56 Å². The van der Waals surface area contributed by atoms with Crippen LogP contribution < -0.4 is 0 Å². The standard InChI is InChI=1S/C14H10BrFN4OS/c15-13-7-10(16)2-1-9(13)8-22-14-17-18-19-20(14)11-3-5-12(21)6-4-11/h1-7,21H,8H2. The molecule has 0 amide bonds. The third kappa shape index (κ3) is 3.28. The van der Waals surface area contributed by atoms with Crippen LogP contribution >= 0.6 is 27.7 Å². The molecule has 0 bridgehead atoms. The number of tetrazole rings is 1. The largest absolute Gasteiger partial charge is 0.508 e. The van der Waals surface area contributed by atoms with E-state index >= 15 is 0 Å². The van der Waals surface area contributed by atoms with Crippen molar-refractivity contribution in [1.82, 2.24) is 20.2 Å². The van der Waals surface area contributed by atoms with E-state index in [4.69, 9.17) is 0 Å². The Morgan fingerprint density at radius 1 is 1.18 bits per heavy atom. The smallest absolute Gasteiger partial charge is 0.214 e. The van der Waals surface area contributed by atoms with Crippen molar-refractivity contribution in [3.8, 4) is 11.4 Å². The van der Waals surface area contributed by atoms with E-state index in [1.54, 1.807) is 35.0 Å². The summed E-state index contributed by atoms with van der Waals surface area (Å²) in [5.74, 6) is 0.495. The van der Waals surface area contributed by atoms with Crippen molar-refractivity contribution in [2.75, 3.05) is 0 Å². The molecule has 0 saturated carbocycles. The predicted molar refractivity (Wildman–Crippen MR) is 84.5 cm³/mol. The van der Waals surface area contributed by atoms with Crippen LogP contribution in [-0.4, -0.2) is 25.3 Å². The average molecular weight is 381 g/mol. The van der Waals surface area contributed by atoms with Gasteiger partial charge < -0.3 is 5.11 Å². The van der Waals surface area contributed by atoms with Gasteiger partial charge in [-0.3, -0.25) is 0 Å². The lowest BCUT2D eigenvalue weighted by Gasteiger charge is -2.06. The maximum absolute atomic E-state index is 13.1. The third-order valence-corrected chi connectivity index (χ3v) is 4.61. The molecule has 0 saturated heterocycles. The summed E-state index contributed by atoms with van der Waals surface area (Å²) in [4.78, 5) is 0. The zero-order valence-electron chi connectivity index (χ0n) is 11.1. The molecule has 3 aromatic rings. The zero-order valence-corrected chi connectivity index (χ0v) is 13.6. The molecule has 1 N–H and O–H groups in total. The van der Waals surface area contributed by atoms with Crippen molar-refractivity contribution in [3.63, 3.8) is 0 Å². The lowest BCUT2D eigenvalue weighted by Crippen LogP contribution is -1.98. The average Bonchev–Trinajstić information content (AvgIpc) is 2.95. The van der Waals surface area contributed by atoms with E-state index < -0.39 is 0 Å². The second-order valence-electron chi connectivity index (χ2n) is 4.41. The molecule has 8 heteroatoms. The van der Waals surface area contributed by atoms with Crippen molar-refractivity contribution in [1.29, 1.82) is 0 Å². The number of hydrogen-bond donors (Lipinski definition) is 1. The highest BCUT2D eigenvalue weighted by Crippen LogP contribution is 2.27. The molecule has 0 aliphatic carbocycles. The molecule has 0 fully saturated rings. The number of halogens is 2. The summed E-state index contributed by atoms with van der Waals surface area (Å²) >= 11 is 4.78. The molecular formula is C14H10BrFN4OS. The highest BCUT2D eigenvalue weighted by molar-refractivity contribution is 9.10. The Morgan fingerprint density at radius 2 is 1.95 bits per heavy atom. The number of thioether (sulfide) groups is 1. The Hall–Kier alpha value is -1.93. The molecule has 0 atom stereocenters. The van der Waals surface area contributed by atoms with Gasteiger partial charge in [0.05, 0.1) is 5.69 Å². The van der Waals surface area contributed by atoms with Gasteiger partial charge in [0, 0.05) is 10.2 Å². The Kier molecular flexibility index (Phi) is 4.39. The number of rotatable bonds is 4. The highest BCUT2D eigenvalue weighted by atomic mass is 79.9. The van der Waals surface area contributed by atoms with Crippen LogP contribution in [0.4, 0.5) is 4.39 Å². The zero-order chi connectivity index (χ0) is 15.5. The van der Waals surface area contributed by atoms with Gasteiger partial charge in [-0.05, 0) is 52.4 Å². The number of benzene rings is 2. The lowest BCUT2D eigenvalue weighted by molar-refractivity contribution is 0.475. The summed E-state index contributed by atoms with van der Waals surface area (Å²) in [7, 11) is 0. The molecule has 112 valence electrons. The molecule has 2 aromatic carbocycles. The Balaban J connectivity index is 1.79. The number of aromatic hydroxyl groups is 1. The maximum Gasteiger partial charge on any atom is 0.214 e. The minimum Gasteiger partial charge on any atom is -0.508 e. The molecule has 0 unspecified atom stereocenters. The first-order valence-corrected chi connectivity index (χ1v) is 8.06. The first-order chi connectivity index (χ1) is 10.6. The second kappa shape index (κ2) is 6.45. The molecule has 0 aliphatic rings. The van der Waals surface area contributed by atoms with E-state index in [0.717, 1.165) is 11.3 Å². The summed E-state index contributed by atoms with van der Waals surface area (Å²) in [5.41, 5.74) is 1.70. The minimum absolute atomic E-state index is 0.182. The van der Waals surface area contributed by atoms with Gasteiger partial charge in [-0.25, -0.2) is 4.39 Å². The second-order valence-corrected chi connectivity index (χ2v) is 6.21. The van der Waals surface area contributed by atoms with Crippen molar-refractivity contribution in [2.24, 2.45) is 0 Å². The van der Waals surface area contributed by atoms with Crippen LogP contribution in [0.5, 0.6) is 5.75 Å². The van der Waals surface area contributed by atoms with Crippen LogP contribution in [-0.2, 0) is 5.75 Å². The minimum atomic E-state index is -0.283. The number of aromatic nitrogens is 4. The molecular weight excluding hydrogens is 371 g/mol. The van der Waals surface area contributed by atoms with E-state index in [9.17, 15) is 9.50 Å². The predicted octanol–water partition coefficient (Wildman–Crippen LogP) is 3.56. The first-order valence-electron chi connectivity index (χ1n) is 6.28. The molecule has 22 heavy (non-hydrogen) atoms. The van der Waals surface area contributed by atoms with E-state index in [-0.39, 0.29) is 11.6 Å². The van der Waals surface area contributed by atoms with E-state index in [1.165, 1.54) is 23.9 Å². The molecule has 0 radical (unpaired) electrons. The molecule has 0 spiro atoms. The molecule has 3 rings (SSSR count). The summed E-state index contributed by atoms with van der Waals surface area (Å²) in [5, 5.41) is 21.6. The van der Waals surface area contributed by atoms with Gasteiger partial charge in [-0.2, -0.15) is 4.68 Å². The van der Waals surface area contributed by atoms with Gasteiger partial charge >= 0.3 is 0 Å². The summed E-state index contributed by atoms with van der Waals surface area (Å²) < 4.78 is 15.4. The van der Waals surface area contributed by atoms with Crippen molar-refractivity contribution in [2.45, 2.75) is 10.9 Å². The van der Waals surface area contributed by atoms with Crippen molar-refractivity contribution in [3.05, 3.63) is 58.3 Å². The van der Waals surface area contributed by atoms with E-state index in [0.29, 0.717) is 15.4 Å². The normalized spacial score (nSPS) is 10.8. The van der Waals surface area contributed by atoms with Gasteiger partial charge in [0.25, 0.3) is 0 Å². The van der Waals surface area contributed by atoms with Crippen LogP contribution in [0.25, 0.3) is 5.69 Å². The van der Waals surface area contributed by atoms with Crippen LogP contribution in [0.15, 0.2) is 52.1 Å². The van der Waals surface area contributed by atoms with E-state index in [2.05, 4.69) is 31.5 Å². The lowest BCUT2D eigenvalue weighted by atomic mass is 10.2. The summed E-state index contributed by atoms with van der Waals surface area (Å²) in [6, 6.07) is 11.2. The number of phenolic OH excluding ortho intramolecular Hbond substituents is 1. The number of phenols is 1. The summed E-state index contributed by atoms with van der Waals surface area (Å²) in [6.45, 7) is 0. The Morgan fingerprint density at radius 3 is 2.68 bits per heavy atom. The quantitative estimate of drug-likeness (QED) is 0.701. The monoisotopic (exact) mass is 380 g/mol. The highest BCUT2D eigenvalue weighted by Gasteiger charge is 2.10. The fraction of sp³-hybridized carbons (Fsp3) is 0.0714. The third-order valence-electron chi connectivity index (χ3n) is 2.91. The molecule has 1 heterocycles. The van der Waals surface area contributed by atoms with Crippen LogP contribution in [0.3, 0.4) is 0 Å². The maximum atomic E-state index is 13.1.